The van der Waals surface area contributed by atoms with Crippen molar-refractivity contribution in [2.45, 2.75) is 20.5 Å². The quantitative estimate of drug-likeness (QED) is 0.692. The molecule has 20 heavy (non-hydrogen) atoms. The fourth-order valence-corrected chi connectivity index (χ4v) is 2.50. The molecule has 1 aromatic carbocycles. The second-order valence-corrected chi connectivity index (χ2v) is 5.57. The van der Waals surface area contributed by atoms with Gasteiger partial charge in [0.1, 0.15) is 17.4 Å². The number of hydrogen-bond donors (Lipinski definition) is 1. The van der Waals surface area contributed by atoms with Crippen LogP contribution in [0.25, 0.3) is 0 Å². The molecule has 0 saturated heterocycles. The zero-order valence-electron chi connectivity index (χ0n) is 11.6. The number of benzene rings is 1. The van der Waals surface area contributed by atoms with E-state index in [-0.39, 0.29) is 6.61 Å². The van der Waals surface area contributed by atoms with Gasteiger partial charge in [0.05, 0.1) is 24.1 Å². The van der Waals surface area contributed by atoms with Crippen molar-refractivity contribution in [2.75, 3.05) is 12.8 Å². The minimum absolute atomic E-state index is 0.171. The number of aryl methyl sites for hydroxylation is 2. The summed E-state index contributed by atoms with van der Waals surface area (Å²) in [6.45, 7) is 4.09. The molecule has 6 heteroatoms. The molecule has 0 saturated carbocycles. The molecule has 5 nitrogen and oxygen atoms in total. The molecule has 0 aliphatic heterocycles. The lowest BCUT2D eigenvalue weighted by Gasteiger charge is -2.07. The van der Waals surface area contributed by atoms with Gasteiger partial charge < -0.3 is 15.2 Å². The summed E-state index contributed by atoms with van der Waals surface area (Å²) in [6.07, 6.45) is 0. The van der Waals surface area contributed by atoms with Gasteiger partial charge in [0.2, 0.25) is 0 Å². The van der Waals surface area contributed by atoms with Gasteiger partial charge in [0.25, 0.3) is 0 Å². The normalized spacial score (nSPS) is 10.3. The van der Waals surface area contributed by atoms with E-state index in [1.54, 1.807) is 18.2 Å². The standard InChI is InChI=1S/C14H16N2O3S/c1-8-9(2)20-13(16-8)7-19-14(17)10-4-5-11(15)12(6-10)18-3/h4-6H,7,15H2,1-3H3. The molecule has 2 aromatic rings. The molecule has 0 aliphatic carbocycles. The zero-order valence-corrected chi connectivity index (χ0v) is 12.4. The van der Waals surface area contributed by atoms with E-state index >= 15 is 0 Å². The lowest BCUT2D eigenvalue weighted by atomic mass is 10.2. The fourth-order valence-electron chi connectivity index (χ4n) is 1.65. The van der Waals surface area contributed by atoms with Crippen LogP contribution in [0.4, 0.5) is 5.69 Å². The van der Waals surface area contributed by atoms with E-state index in [2.05, 4.69) is 4.98 Å². The van der Waals surface area contributed by atoms with Crippen molar-refractivity contribution in [2.24, 2.45) is 0 Å². The van der Waals surface area contributed by atoms with Crippen molar-refractivity contribution < 1.29 is 14.3 Å². The number of carbonyl (C=O) groups is 1. The Morgan fingerprint density at radius 2 is 2.15 bits per heavy atom. The number of nitrogens with two attached hydrogens (primary N) is 1. The first-order valence-corrected chi connectivity index (χ1v) is 6.86. The van der Waals surface area contributed by atoms with Gasteiger partial charge in [-0.15, -0.1) is 11.3 Å². The fraction of sp³-hybridized carbons (Fsp3) is 0.286. The van der Waals surface area contributed by atoms with Gasteiger partial charge in [-0.25, -0.2) is 9.78 Å². The summed E-state index contributed by atoms with van der Waals surface area (Å²) in [4.78, 5) is 17.4. The minimum Gasteiger partial charge on any atom is -0.495 e. The van der Waals surface area contributed by atoms with Gasteiger partial charge in [-0.1, -0.05) is 0 Å². The van der Waals surface area contributed by atoms with Crippen LogP contribution in [0.15, 0.2) is 18.2 Å². The molecule has 0 bridgehead atoms. The van der Waals surface area contributed by atoms with Crippen LogP contribution < -0.4 is 10.5 Å². The van der Waals surface area contributed by atoms with E-state index in [4.69, 9.17) is 15.2 Å². The highest BCUT2D eigenvalue weighted by Crippen LogP contribution is 2.23. The predicted octanol–water partition coefficient (Wildman–Crippen LogP) is 2.71. The van der Waals surface area contributed by atoms with Gasteiger partial charge in [0, 0.05) is 4.88 Å². The maximum absolute atomic E-state index is 11.9. The molecule has 0 atom stereocenters. The van der Waals surface area contributed by atoms with E-state index < -0.39 is 5.97 Å². The molecule has 2 N–H and O–H groups in total. The summed E-state index contributed by atoms with van der Waals surface area (Å²) >= 11 is 1.53. The molecule has 2 rings (SSSR count). The molecular weight excluding hydrogens is 276 g/mol. The minimum atomic E-state index is -0.422. The Morgan fingerprint density at radius 3 is 2.75 bits per heavy atom. The molecule has 1 aromatic heterocycles. The van der Waals surface area contributed by atoms with Crippen LogP contribution in [0.1, 0.15) is 25.9 Å². The molecular formula is C14H16N2O3S. The first-order chi connectivity index (χ1) is 9.51. The Bertz CT molecular complexity index is 618. The predicted molar refractivity (Wildman–Crippen MR) is 78.1 cm³/mol. The number of thiazole rings is 1. The van der Waals surface area contributed by atoms with Crippen LogP contribution >= 0.6 is 11.3 Å². The van der Waals surface area contributed by atoms with Crippen LogP contribution in [-0.2, 0) is 11.3 Å². The third-order valence-corrected chi connectivity index (χ3v) is 3.92. The average molecular weight is 292 g/mol. The molecule has 0 radical (unpaired) electrons. The van der Waals surface area contributed by atoms with E-state index in [9.17, 15) is 4.79 Å². The number of aromatic nitrogens is 1. The first kappa shape index (κ1) is 14.3. The maximum Gasteiger partial charge on any atom is 0.338 e. The summed E-state index contributed by atoms with van der Waals surface area (Å²) in [5.41, 5.74) is 7.55. The van der Waals surface area contributed by atoms with Gasteiger partial charge in [-0.2, -0.15) is 0 Å². The number of anilines is 1. The highest BCUT2D eigenvalue weighted by atomic mass is 32.1. The lowest BCUT2D eigenvalue weighted by Crippen LogP contribution is -2.06. The van der Waals surface area contributed by atoms with Crippen LogP contribution in [0.2, 0.25) is 0 Å². The molecule has 0 fully saturated rings. The van der Waals surface area contributed by atoms with E-state index in [1.165, 1.54) is 18.4 Å². The van der Waals surface area contributed by atoms with Crippen molar-refractivity contribution in [1.82, 2.24) is 4.98 Å². The Hall–Kier alpha value is -2.08. The second kappa shape index (κ2) is 5.92. The zero-order chi connectivity index (χ0) is 14.7. The third kappa shape index (κ3) is 3.08. The Morgan fingerprint density at radius 1 is 1.40 bits per heavy atom. The summed E-state index contributed by atoms with van der Waals surface area (Å²) in [5, 5.41) is 0.788. The number of hydrogen-bond acceptors (Lipinski definition) is 6. The number of nitrogen functional groups attached to an aromatic ring is 1. The molecule has 0 unspecified atom stereocenters. The monoisotopic (exact) mass is 292 g/mol. The number of ether oxygens (including phenoxy) is 2. The Labute approximate surface area is 121 Å². The number of esters is 1. The average Bonchev–Trinajstić information content (AvgIpc) is 2.75. The SMILES string of the molecule is COc1cc(C(=O)OCc2nc(C)c(C)s2)ccc1N. The Kier molecular flexibility index (Phi) is 4.24. The number of nitrogens with zero attached hydrogens (tertiary/aromatic N) is 1. The summed E-state index contributed by atoms with van der Waals surface area (Å²) in [6, 6.07) is 4.79. The van der Waals surface area contributed by atoms with Crippen LogP contribution in [-0.4, -0.2) is 18.1 Å². The summed E-state index contributed by atoms with van der Waals surface area (Å²) in [5.74, 6) is 0.0363. The molecule has 1 heterocycles. The summed E-state index contributed by atoms with van der Waals surface area (Å²) in [7, 11) is 1.50. The van der Waals surface area contributed by atoms with Gasteiger partial charge in [-0.3, -0.25) is 0 Å². The van der Waals surface area contributed by atoms with Gasteiger partial charge in [-0.05, 0) is 32.0 Å². The first-order valence-electron chi connectivity index (χ1n) is 6.05. The smallest absolute Gasteiger partial charge is 0.338 e. The van der Waals surface area contributed by atoms with Crippen molar-refractivity contribution in [3.63, 3.8) is 0 Å². The third-order valence-electron chi connectivity index (χ3n) is 2.87. The van der Waals surface area contributed by atoms with Gasteiger partial charge >= 0.3 is 5.97 Å². The molecule has 0 spiro atoms. The Balaban J connectivity index is 2.05. The van der Waals surface area contributed by atoms with Crippen LogP contribution in [0.3, 0.4) is 0 Å². The lowest BCUT2D eigenvalue weighted by molar-refractivity contribution is 0.0472. The van der Waals surface area contributed by atoms with E-state index in [1.807, 2.05) is 13.8 Å². The molecule has 0 aliphatic rings. The number of carbonyl (C=O) groups excluding carboxylic acids is 1. The van der Waals surface area contributed by atoms with Crippen molar-refractivity contribution in [1.29, 1.82) is 0 Å². The molecule has 0 amide bonds. The number of methoxy groups -OCH3 is 1. The second-order valence-electron chi connectivity index (χ2n) is 4.28. The summed E-state index contributed by atoms with van der Waals surface area (Å²) < 4.78 is 10.3. The van der Waals surface area contributed by atoms with Crippen molar-refractivity contribution >= 4 is 23.0 Å². The maximum atomic E-state index is 11.9. The van der Waals surface area contributed by atoms with Crippen molar-refractivity contribution in [3.8, 4) is 5.75 Å². The van der Waals surface area contributed by atoms with Crippen molar-refractivity contribution in [3.05, 3.63) is 39.3 Å². The van der Waals surface area contributed by atoms with Crippen LogP contribution in [0, 0.1) is 13.8 Å². The molecule has 106 valence electrons. The van der Waals surface area contributed by atoms with Crippen LogP contribution in [0.5, 0.6) is 5.75 Å². The van der Waals surface area contributed by atoms with E-state index in [0.717, 1.165) is 15.6 Å². The topological polar surface area (TPSA) is 74.4 Å². The number of rotatable bonds is 4. The largest absolute Gasteiger partial charge is 0.495 e. The van der Waals surface area contributed by atoms with E-state index in [0.29, 0.717) is 17.0 Å². The van der Waals surface area contributed by atoms with Gasteiger partial charge in [0.15, 0.2) is 0 Å². The highest BCUT2D eigenvalue weighted by Gasteiger charge is 2.12. The highest BCUT2D eigenvalue weighted by molar-refractivity contribution is 7.11.